The zero-order valence-electron chi connectivity index (χ0n) is 9.65. The molecule has 0 spiro atoms. The molecule has 1 aromatic heterocycles. The van der Waals surface area contributed by atoms with E-state index in [1.807, 2.05) is 12.4 Å². The van der Waals surface area contributed by atoms with Crippen molar-refractivity contribution in [1.82, 2.24) is 10.3 Å². The van der Waals surface area contributed by atoms with Crippen molar-refractivity contribution in [1.29, 1.82) is 0 Å². The van der Waals surface area contributed by atoms with Gasteiger partial charge in [-0.3, -0.25) is 4.98 Å². The number of nitrogens with one attached hydrogen (secondary N) is 1. The van der Waals surface area contributed by atoms with Crippen molar-refractivity contribution in [3.05, 3.63) is 24.0 Å². The molecule has 3 heteroatoms. The lowest BCUT2D eigenvalue weighted by Gasteiger charge is -2.29. The van der Waals surface area contributed by atoms with E-state index in [0.717, 1.165) is 13.0 Å². The van der Waals surface area contributed by atoms with E-state index in [-0.39, 0.29) is 0 Å². The van der Waals surface area contributed by atoms with Crippen LogP contribution in [0.5, 0.6) is 0 Å². The van der Waals surface area contributed by atoms with Gasteiger partial charge in [0, 0.05) is 37.2 Å². The summed E-state index contributed by atoms with van der Waals surface area (Å²) in [7, 11) is 0. The summed E-state index contributed by atoms with van der Waals surface area (Å²) < 4.78 is 0. The number of pyridine rings is 1. The van der Waals surface area contributed by atoms with Crippen LogP contribution in [0.2, 0.25) is 0 Å². The van der Waals surface area contributed by atoms with E-state index in [0.29, 0.717) is 6.04 Å². The molecule has 2 aliphatic heterocycles. The van der Waals surface area contributed by atoms with Crippen molar-refractivity contribution in [3.8, 4) is 0 Å². The highest BCUT2D eigenvalue weighted by Crippen LogP contribution is 2.27. The minimum absolute atomic E-state index is 0.688. The number of rotatable bonds is 2. The van der Waals surface area contributed by atoms with Crippen LogP contribution in [0.25, 0.3) is 0 Å². The van der Waals surface area contributed by atoms with E-state index in [4.69, 9.17) is 0 Å². The van der Waals surface area contributed by atoms with Crippen LogP contribution in [0.3, 0.4) is 0 Å². The molecule has 3 heterocycles. The molecule has 1 saturated heterocycles. The van der Waals surface area contributed by atoms with Gasteiger partial charge in [0.05, 0.1) is 0 Å². The normalized spacial score (nSPS) is 24.5. The van der Waals surface area contributed by atoms with Crippen LogP contribution in [0.4, 0.5) is 5.69 Å². The fourth-order valence-corrected chi connectivity index (χ4v) is 2.83. The van der Waals surface area contributed by atoms with Gasteiger partial charge in [0.1, 0.15) is 0 Å². The van der Waals surface area contributed by atoms with Crippen molar-refractivity contribution >= 4 is 5.69 Å². The lowest BCUT2D eigenvalue weighted by Crippen LogP contribution is -2.43. The summed E-state index contributed by atoms with van der Waals surface area (Å²) in [6, 6.07) is 2.85. The van der Waals surface area contributed by atoms with Gasteiger partial charge in [-0.05, 0) is 37.4 Å². The quantitative estimate of drug-likeness (QED) is 0.815. The molecule has 3 nitrogen and oxygen atoms in total. The second-order valence-electron chi connectivity index (χ2n) is 4.85. The molecule has 0 radical (unpaired) electrons. The zero-order chi connectivity index (χ0) is 10.8. The molecule has 0 bridgehead atoms. The average Bonchev–Trinajstić information content (AvgIpc) is 2.74. The highest BCUT2D eigenvalue weighted by molar-refractivity contribution is 5.56. The van der Waals surface area contributed by atoms with Crippen LogP contribution in [0, 0.1) is 0 Å². The standard InChI is InChI=1S/C13H19N3/c1-2-6-15-12(3-1)10-16-8-5-11-9-14-7-4-13(11)16/h4,7,9,12,15H,1-3,5-6,8,10H2. The fourth-order valence-electron chi connectivity index (χ4n) is 2.83. The molecule has 16 heavy (non-hydrogen) atoms. The highest BCUT2D eigenvalue weighted by Gasteiger charge is 2.22. The maximum Gasteiger partial charge on any atom is 0.0431 e. The van der Waals surface area contributed by atoms with E-state index in [1.165, 1.54) is 43.6 Å². The minimum atomic E-state index is 0.688. The molecule has 1 N–H and O–H groups in total. The predicted molar refractivity (Wildman–Crippen MR) is 65.8 cm³/mol. The first kappa shape index (κ1) is 10.1. The lowest BCUT2D eigenvalue weighted by molar-refractivity contribution is 0.401. The largest absolute Gasteiger partial charge is 0.369 e. The van der Waals surface area contributed by atoms with Gasteiger partial charge in [-0.25, -0.2) is 0 Å². The minimum Gasteiger partial charge on any atom is -0.369 e. The first-order valence-corrected chi connectivity index (χ1v) is 6.35. The van der Waals surface area contributed by atoms with Crippen LogP contribution in [-0.2, 0) is 6.42 Å². The molecule has 86 valence electrons. The highest BCUT2D eigenvalue weighted by atomic mass is 15.2. The third-order valence-electron chi connectivity index (χ3n) is 3.72. The third kappa shape index (κ3) is 1.92. The van der Waals surface area contributed by atoms with Crippen molar-refractivity contribution in [2.45, 2.75) is 31.7 Å². The summed E-state index contributed by atoms with van der Waals surface area (Å²) in [5.41, 5.74) is 2.82. The summed E-state index contributed by atoms with van der Waals surface area (Å²) in [5, 5.41) is 3.62. The number of anilines is 1. The molecule has 1 unspecified atom stereocenters. The fraction of sp³-hybridized carbons (Fsp3) is 0.615. The maximum absolute atomic E-state index is 4.20. The van der Waals surface area contributed by atoms with Gasteiger partial charge < -0.3 is 10.2 Å². The Kier molecular flexibility index (Phi) is 2.79. The molecule has 2 aliphatic rings. The summed E-state index contributed by atoms with van der Waals surface area (Å²) in [4.78, 5) is 6.71. The molecule has 0 saturated carbocycles. The lowest BCUT2D eigenvalue weighted by atomic mass is 10.0. The number of hydrogen-bond acceptors (Lipinski definition) is 3. The number of nitrogens with zero attached hydrogens (tertiary/aromatic N) is 2. The summed E-state index contributed by atoms with van der Waals surface area (Å²) in [5.74, 6) is 0. The van der Waals surface area contributed by atoms with Crippen molar-refractivity contribution in [3.63, 3.8) is 0 Å². The Morgan fingerprint density at radius 2 is 2.44 bits per heavy atom. The van der Waals surface area contributed by atoms with Gasteiger partial charge in [0.15, 0.2) is 0 Å². The first-order chi connectivity index (χ1) is 7.93. The Labute approximate surface area is 96.9 Å². The second kappa shape index (κ2) is 4.42. The SMILES string of the molecule is c1cc2c(cn1)CCN2CC1CCCCN1. The number of piperidine rings is 1. The number of hydrogen-bond donors (Lipinski definition) is 1. The Morgan fingerprint density at radius 1 is 1.44 bits per heavy atom. The number of aromatic nitrogens is 1. The summed E-state index contributed by atoms with van der Waals surface area (Å²) >= 11 is 0. The van der Waals surface area contributed by atoms with Gasteiger partial charge in [-0.2, -0.15) is 0 Å². The van der Waals surface area contributed by atoms with Crippen LogP contribution < -0.4 is 10.2 Å². The Balaban J connectivity index is 1.68. The van der Waals surface area contributed by atoms with Crippen LogP contribution in [0.15, 0.2) is 18.5 Å². The first-order valence-electron chi connectivity index (χ1n) is 6.35. The van der Waals surface area contributed by atoms with Crippen LogP contribution in [-0.4, -0.2) is 30.7 Å². The molecule has 0 aliphatic carbocycles. The van der Waals surface area contributed by atoms with E-state index in [2.05, 4.69) is 21.3 Å². The van der Waals surface area contributed by atoms with Gasteiger partial charge >= 0.3 is 0 Å². The molecule has 1 atom stereocenters. The second-order valence-corrected chi connectivity index (χ2v) is 4.85. The summed E-state index contributed by atoms with van der Waals surface area (Å²) in [6.45, 7) is 3.53. The molecular formula is C13H19N3. The molecule has 3 rings (SSSR count). The van der Waals surface area contributed by atoms with Crippen molar-refractivity contribution in [2.75, 3.05) is 24.5 Å². The smallest absolute Gasteiger partial charge is 0.0431 e. The zero-order valence-corrected chi connectivity index (χ0v) is 9.65. The van der Waals surface area contributed by atoms with E-state index in [1.54, 1.807) is 0 Å². The maximum atomic E-state index is 4.20. The van der Waals surface area contributed by atoms with E-state index in [9.17, 15) is 0 Å². The molecule has 1 aromatic rings. The Bertz CT molecular complexity index is 358. The predicted octanol–water partition coefficient (Wildman–Crippen LogP) is 1.59. The molecule has 0 aromatic carbocycles. The van der Waals surface area contributed by atoms with Gasteiger partial charge in [-0.1, -0.05) is 6.42 Å². The van der Waals surface area contributed by atoms with Gasteiger partial charge in [-0.15, -0.1) is 0 Å². The molecule has 1 fully saturated rings. The van der Waals surface area contributed by atoms with E-state index < -0.39 is 0 Å². The van der Waals surface area contributed by atoms with Crippen molar-refractivity contribution < 1.29 is 0 Å². The molecular weight excluding hydrogens is 198 g/mol. The number of fused-ring (bicyclic) bond motifs is 1. The average molecular weight is 217 g/mol. The Hall–Kier alpha value is -1.09. The van der Waals surface area contributed by atoms with Crippen molar-refractivity contribution in [2.24, 2.45) is 0 Å². The van der Waals surface area contributed by atoms with Crippen LogP contribution in [0.1, 0.15) is 24.8 Å². The monoisotopic (exact) mass is 217 g/mol. The summed E-state index contributed by atoms with van der Waals surface area (Å²) in [6.07, 6.45) is 9.15. The van der Waals surface area contributed by atoms with Crippen LogP contribution >= 0.6 is 0 Å². The molecule has 0 amide bonds. The van der Waals surface area contributed by atoms with Gasteiger partial charge in [0.2, 0.25) is 0 Å². The Morgan fingerprint density at radius 3 is 3.31 bits per heavy atom. The third-order valence-corrected chi connectivity index (χ3v) is 3.72. The topological polar surface area (TPSA) is 28.2 Å². The van der Waals surface area contributed by atoms with Gasteiger partial charge in [0.25, 0.3) is 0 Å². The van der Waals surface area contributed by atoms with E-state index >= 15 is 0 Å².